The molecule has 31 heavy (non-hydrogen) atoms. The van der Waals surface area contributed by atoms with E-state index < -0.39 is 5.41 Å². The number of aromatic nitrogens is 2. The minimum absolute atomic E-state index is 0.00243. The van der Waals surface area contributed by atoms with Crippen molar-refractivity contribution in [2.45, 2.75) is 58.3 Å². The molecule has 2 aromatic carbocycles. The normalized spacial score (nSPS) is 25.5. The van der Waals surface area contributed by atoms with Crippen LogP contribution in [0.3, 0.4) is 0 Å². The van der Waals surface area contributed by atoms with Crippen molar-refractivity contribution in [3.63, 3.8) is 0 Å². The van der Waals surface area contributed by atoms with Gasteiger partial charge in [0.2, 0.25) is 5.91 Å². The number of hydrogen-bond acceptors (Lipinski definition) is 4. The molecule has 5 heteroatoms. The van der Waals surface area contributed by atoms with Crippen LogP contribution in [0.25, 0.3) is 11.0 Å². The summed E-state index contributed by atoms with van der Waals surface area (Å²) < 4.78 is 5.24. The van der Waals surface area contributed by atoms with E-state index in [9.17, 15) is 4.79 Å². The van der Waals surface area contributed by atoms with Crippen LogP contribution in [0.1, 0.15) is 56.1 Å². The average Bonchev–Trinajstić information content (AvgIpc) is 3.03. The van der Waals surface area contributed by atoms with Gasteiger partial charge >= 0.3 is 0 Å². The van der Waals surface area contributed by atoms with Gasteiger partial charge in [0.05, 0.1) is 34.9 Å². The fourth-order valence-electron chi connectivity index (χ4n) is 5.77. The maximum Gasteiger partial charge on any atom is 0.237 e. The lowest BCUT2D eigenvalue weighted by Crippen LogP contribution is -2.48. The maximum absolute atomic E-state index is 13.9. The van der Waals surface area contributed by atoms with Gasteiger partial charge in [0.15, 0.2) is 0 Å². The second-order valence-electron chi connectivity index (χ2n) is 9.89. The zero-order chi connectivity index (χ0) is 22.2. The van der Waals surface area contributed by atoms with Gasteiger partial charge in [-0.3, -0.25) is 4.79 Å². The SMILES string of the molecule is COc1ccc(NC(=O)C23CCC(C)(c4nc5cc(C)c(C)cc5nc42)C3(C)C)cc1. The lowest BCUT2D eigenvalue weighted by atomic mass is 9.63. The number of benzene rings is 2. The van der Waals surface area contributed by atoms with Gasteiger partial charge in [0.25, 0.3) is 0 Å². The molecule has 2 aliphatic carbocycles. The Balaban J connectivity index is 1.67. The van der Waals surface area contributed by atoms with Crippen LogP contribution < -0.4 is 10.1 Å². The van der Waals surface area contributed by atoms with Crippen molar-refractivity contribution >= 4 is 22.6 Å². The lowest BCUT2D eigenvalue weighted by molar-refractivity contribution is -0.125. The summed E-state index contributed by atoms with van der Waals surface area (Å²) >= 11 is 0. The van der Waals surface area contributed by atoms with Crippen molar-refractivity contribution < 1.29 is 9.53 Å². The van der Waals surface area contributed by atoms with Gasteiger partial charge < -0.3 is 10.1 Å². The monoisotopic (exact) mass is 415 g/mol. The predicted molar refractivity (Wildman–Crippen MR) is 123 cm³/mol. The summed E-state index contributed by atoms with van der Waals surface area (Å²) in [6.07, 6.45) is 1.70. The van der Waals surface area contributed by atoms with Crippen molar-refractivity contribution in [1.82, 2.24) is 9.97 Å². The van der Waals surface area contributed by atoms with Crippen LogP contribution >= 0.6 is 0 Å². The Morgan fingerprint density at radius 2 is 1.52 bits per heavy atom. The third kappa shape index (κ3) is 2.40. The van der Waals surface area contributed by atoms with Crippen molar-refractivity contribution in [2.75, 3.05) is 12.4 Å². The molecule has 2 bridgehead atoms. The first-order valence-corrected chi connectivity index (χ1v) is 10.9. The number of anilines is 1. The molecular formula is C26H29N3O2. The van der Waals surface area contributed by atoms with E-state index >= 15 is 0 Å². The Kier molecular flexibility index (Phi) is 4.05. The van der Waals surface area contributed by atoms with Gasteiger partial charge in [-0.15, -0.1) is 0 Å². The Morgan fingerprint density at radius 1 is 0.935 bits per heavy atom. The summed E-state index contributed by atoms with van der Waals surface area (Å²) in [5.41, 5.74) is 5.57. The number of nitrogens with zero attached hydrogens (tertiary/aromatic N) is 2. The van der Waals surface area contributed by atoms with E-state index in [1.807, 2.05) is 24.3 Å². The second kappa shape index (κ2) is 6.28. The molecule has 1 amide bonds. The van der Waals surface area contributed by atoms with E-state index in [4.69, 9.17) is 14.7 Å². The smallest absolute Gasteiger partial charge is 0.237 e. The number of ether oxygens (including phenoxy) is 1. The molecule has 5 nitrogen and oxygen atoms in total. The molecule has 1 aromatic heterocycles. The fourth-order valence-corrected chi connectivity index (χ4v) is 5.77. The molecule has 1 N–H and O–H groups in total. The van der Waals surface area contributed by atoms with Crippen LogP contribution in [0.15, 0.2) is 36.4 Å². The standard InChI is InChI=1S/C26H29N3O2/c1-15-13-19-20(14-16(15)2)29-22-21(28-19)25(5)11-12-26(22,24(25,3)4)23(30)27-17-7-9-18(31-6)10-8-17/h7-10,13-14H,11-12H2,1-6H3,(H,27,30). The minimum atomic E-state index is -0.711. The lowest BCUT2D eigenvalue weighted by Gasteiger charge is -2.39. The highest BCUT2D eigenvalue weighted by Gasteiger charge is 2.73. The maximum atomic E-state index is 13.9. The van der Waals surface area contributed by atoms with Crippen LogP contribution in [0.5, 0.6) is 5.75 Å². The number of hydrogen-bond donors (Lipinski definition) is 1. The number of amides is 1. The first-order chi connectivity index (χ1) is 14.6. The Labute approximate surface area is 183 Å². The van der Waals surface area contributed by atoms with Crippen molar-refractivity contribution in [3.05, 3.63) is 58.9 Å². The highest BCUT2D eigenvalue weighted by molar-refractivity contribution is 6.02. The van der Waals surface area contributed by atoms with Crippen LogP contribution in [0.4, 0.5) is 5.69 Å². The molecule has 2 atom stereocenters. The van der Waals surface area contributed by atoms with Gasteiger partial charge in [0, 0.05) is 11.1 Å². The van der Waals surface area contributed by atoms with E-state index in [0.29, 0.717) is 0 Å². The van der Waals surface area contributed by atoms with Crippen molar-refractivity contribution in [3.8, 4) is 5.75 Å². The molecule has 1 fully saturated rings. The molecule has 0 aliphatic heterocycles. The van der Waals surface area contributed by atoms with Crippen LogP contribution in [0, 0.1) is 19.3 Å². The molecule has 5 rings (SSSR count). The van der Waals surface area contributed by atoms with Gasteiger partial charge in [-0.1, -0.05) is 20.8 Å². The van der Waals surface area contributed by atoms with Crippen molar-refractivity contribution in [1.29, 1.82) is 0 Å². The Morgan fingerprint density at radius 3 is 2.10 bits per heavy atom. The highest BCUT2D eigenvalue weighted by Crippen LogP contribution is 2.70. The number of rotatable bonds is 3. The van der Waals surface area contributed by atoms with Gasteiger partial charge in [0.1, 0.15) is 5.75 Å². The fraction of sp³-hybridized carbons (Fsp3) is 0.423. The molecule has 3 aromatic rings. The number of nitrogens with one attached hydrogen (secondary N) is 1. The number of carbonyl (C=O) groups excluding carboxylic acids is 1. The summed E-state index contributed by atoms with van der Waals surface area (Å²) in [6, 6.07) is 11.7. The summed E-state index contributed by atoms with van der Waals surface area (Å²) in [7, 11) is 1.64. The molecule has 0 saturated heterocycles. The van der Waals surface area contributed by atoms with Gasteiger partial charge in [-0.25, -0.2) is 9.97 Å². The van der Waals surface area contributed by atoms with Gasteiger partial charge in [-0.2, -0.15) is 0 Å². The number of fused-ring (bicyclic) bond motifs is 6. The van der Waals surface area contributed by atoms with E-state index in [0.717, 1.165) is 46.7 Å². The summed E-state index contributed by atoms with van der Waals surface area (Å²) in [5, 5.41) is 3.17. The largest absolute Gasteiger partial charge is 0.497 e. The summed E-state index contributed by atoms with van der Waals surface area (Å²) in [5.74, 6) is 0.766. The van der Waals surface area contributed by atoms with E-state index in [2.05, 4.69) is 52.1 Å². The van der Waals surface area contributed by atoms with E-state index in [1.54, 1.807) is 7.11 Å². The summed E-state index contributed by atoms with van der Waals surface area (Å²) in [6.45, 7) is 10.9. The second-order valence-corrected chi connectivity index (χ2v) is 9.89. The first-order valence-electron chi connectivity index (χ1n) is 10.9. The third-order valence-corrected chi connectivity index (χ3v) is 8.39. The Hall–Kier alpha value is -2.95. The van der Waals surface area contributed by atoms with Crippen molar-refractivity contribution in [2.24, 2.45) is 5.41 Å². The first kappa shape index (κ1) is 20.0. The van der Waals surface area contributed by atoms with E-state index in [-0.39, 0.29) is 16.7 Å². The zero-order valence-corrected chi connectivity index (χ0v) is 19.1. The van der Waals surface area contributed by atoms with Crippen LogP contribution in [-0.2, 0) is 15.6 Å². The topological polar surface area (TPSA) is 64.1 Å². The zero-order valence-electron chi connectivity index (χ0n) is 19.1. The molecular weight excluding hydrogens is 386 g/mol. The molecule has 0 spiro atoms. The minimum Gasteiger partial charge on any atom is -0.497 e. The number of carbonyl (C=O) groups is 1. The van der Waals surface area contributed by atoms with Crippen LogP contribution in [0.2, 0.25) is 0 Å². The van der Waals surface area contributed by atoms with Gasteiger partial charge in [-0.05, 0) is 79.6 Å². The number of aryl methyl sites for hydroxylation is 2. The third-order valence-electron chi connectivity index (χ3n) is 8.39. The van der Waals surface area contributed by atoms with E-state index in [1.165, 1.54) is 11.1 Å². The molecule has 2 aliphatic rings. The molecule has 2 unspecified atom stereocenters. The molecule has 0 radical (unpaired) electrons. The molecule has 1 saturated carbocycles. The number of methoxy groups -OCH3 is 1. The predicted octanol–water partition coefficient (Wildman–Crippen LogP) is 5.22. The average molecular weight is 416 g/mol. The highest BCUT2D eigenvalue weighted by atomic mass is 16.5. The van der Waals surface area contributed by atoms with Crippen LogP contribution in [-0.4, -0.2) is 23.0 Å². The Bertz CT molecular complexity index is 1230. The molecule has 160 valence electrons. The molecule has 1 heterocycles. The quantitative estimate of drug-likeness (QED) is 0.637. The summed E-state index contributed by atoms with van der Waals surface area (Å²) in [4.78, 5) is 24.1.